The molecule has 0 radical (unpaired) electrons. The highest BCUT2D eigenvalue weighted by Gasteiger charge is 2.23. The van der Waals surface area contributed by atoms with Gasteiger partial charge in [-0.1, -0.05) is 42.5 Å². The number of thioether (sulfide) groups is 1. The number of nitrogens with one attached hydrogen (secondary N) is 2. The molecule has 2 N–H and O–H groups in total. The Kier molecular flexibility index (Phi) is 6.90. The lowest BCUT2D eigenvalue weighted by atomic mass is 10.2. The third-order valence-electron chi connectivity index (χ3n) is 4.72. The summed E-state index contributed by atoms with van der Waals surface area (Å²) in [4.78, 5) is 28.0. The van der Waals surface area contributed by atoms with Crippen LogP contribution in [0, 0.1) is 0 Å². The molecule has 2 aromatic rings. The summed E-state index contributed by atoms with van der Waals surface area (Å²) in [7, 11) is 0. The third kappa shape index (κ3) is 5.84. The second-order valence-corrected chi connectivity index (χ2v) is 7.77. The highest BCUT2D eigenvalue weighted by atomic mass is 32.2. The van der Waals surface area contributed by atoms with Crippen molar-refractivity contribution in [2.45, 2.75) is 17.6 Å². The van der Waals surface area contributed by atoms with Crippen molar-refractivity contribution in [1.82, 2.24) is 4.90 Å². The lowest BCUT2D eigenvalue weighted by Crippen LogP contribution is -3.15. The average molecular weight is 385 g/mol. The molecule has 0 spiro atoms. The van der Waals surface area contributed by atoms with E-state index >= 15 is 0 Å². The van der Waals surface area contributed by atoms with E-state index in [1.165, 1.54) is 10.5 Å². The number of anilines is 1. The SMILES string of the molecule is CC(=O)N1CC[NH+](CC(=O)Nc2ccccc2SCc2ccccc2)CC1. The molecule has 6 heteroatoms. The summed E-state index contributed by atoms with van der Waals surface area (Å²) in [5.74, 6) is 1.00. The first-order valence-corrected chi connectivity index (χ1v) is 10.2. The highest BCUT2D eigenvalue weighted by molar-refractivity contribution is 7.98. The largest absolute Gasteiger partial charge is 0.332 e. The van der Waals surface area contributed by atoms with Crippen LogP contribution in [0.15, 0.2) is 59.5 Å². The van der Waals surface area contributed by atoms with Gasteiger partial charge in [-0.05, 0) is 17.7 Å². The van der Waals surface area contributed by atoms with Gasteiger partial charge >= 0.3 is 0 Å². The zero-order valence-electron chi connectivity index (χ0n) is 15.6. The van der Waals surface area contributed by atoms with E-state index in [2.05, 4.69) is 17.4 Å². The summed E-state index contributed by atoms with van der Waals surface area (Å²) in [6.45, 7) is 5.11. The van der Waals surface area contributed by atoms with Crippen LogP contribution in [-0.4, -0.2) is 49.4 Å². The van der Waals surface area contributed by atoms with Crippen LogP contribution in [0.3, 0.4) is 0 Å². The fraction of sp³-hybridized carbons (Fsp3) is 0.333. The monoisotopic (exact) mass is 384 g/mol. The normalized spacial score (nSPS) is 14.8. The number of piperazine rings is 1. The van der Waals surface area contributed by atoms with Crippen molar-refractivity contribution in [2.24, 2.45) is 0 Å². The van der Waals surface area contributed by atoms with Crippen LogP contribution >= 0.6 is 11.8 Å². The molecule has 1 saturated heterocycles. The van der Waals surface area contributed by atoms with E-state index in [0.717, 1.165) is 42.5 Å². The molecule has 2 aromatic carbocycles. The quantitative estimate of drug-likeness (QED) is 0.745. The smallest absolute Gasteiger partial charge is 0.279 e. The molecule has 0 saturated carbocycles. The average Bonchev–Trinajstić information content (AvgIpc) is 2.68. The maximum Gasteiger partial charge on any atom is 0.279 e. The van der Waals surface area contributed by atoms with Crippen LogP contribution in [0.1, 0.15) is 12.5 Å². The first-order valence-electron chi connectivity index (χ1n) is 9.26. The number of hydrogen-bond acceptors (Lipinski definition) is 3. The van der Waals surface area contributed by atoms with Gasteiger partial charge in [0.05, 0.1) is 31.9 Å². The van der Waals surface area contributed by atoms with Gasteiger partial charge in [0.1, 0.15) is 0 Å². The summed E-state index contributed by atoms with van der Waals surface area (Å²) < 4.78 is 0. The van der Waals surface area contributed by atoms with Crippen molar-refractivity contribution >= 4 is 29.3 Å². The molecule has 0 unspecified atom stereocenters. The molecule has 0 bridgehead atoms. The summed E-state index contributed by atoms with van der Waals surface area (Å²) in [5, 5.41) is 3.07. The topological polar surface area (TPSA) is 53.9 Å². The number of carbonyl (C=O) groups is 2. The standard InChI is InChI=1S/C21H25N3O2S/c1-17(25)24-13-11-23(12-14-24)15-21(26)22-19-9-5-6-10-20(19)27-16-18-7-3-2-4-8-18/h2-10H,11-16H2,1H3,(H,22,26)/p+1. The second-order valence-electron chi connectivity index (χ2n) is 6.75. The van der Waals surface area contributed by atoms with Crippen LogP contribution in [0.4, 0.5) is 5.69 Å². The molecule has 1 heterocycles. The van der Waals surface area contributed by atoms with Crippen molar-refractivity contribution in [3.8, 4) is 0 Å². The molecule has 0 atom stereocenters. The predicted molar refractivity (Wildman–Crippen MR) is 109 cm³/mol. The van der Waals surface area contributed by atoms with Crippen LogP contribution in [0.5, 0.6) is 0 Å². The number of hydrogen-bond donors (Lipinski definition) is 2. The minimum Gasteiger partial charge on any atom is -0.332 e. The summed E-state index contributed by atoms with van der Waals surface area (Å²) >= 11 is 1.73. The Morgan fingerprint density at radius 2 is 1.70 bits per heavy atom. The maximum atomic E-state index is 12.5. The van der Waals surface area contributed by atoms with Crippen molar-refractivity contribution in [2.75, 3.05) is 38.0 Å². The molecule has 27 heavy (non-hydrogen) atoms. The Labute approximate surface area is 164 Å². The number of para-hydroxylation sites is 1. The van der Waals surface area contributed by atoms with Crippen molar-refractivity contribution in [3.63, 3.8) is 0 Å². The molecule has 1 aliphatic heterocycles. The van der Waals surface area contributed by atoms with E-state index in [1.807, 2.05) is 47.4 Å². The maximum absolute atomic E-state index is 12.5. The Morgan fingerprint density at radius 3 is 2.41 bits per heavy atom. The van der Waals surface area contributed by atoms with Crippen LogP contribution < -0.4 is 10.2 Å². The molecule has 0 aromatic heterocycles. The number of carbonyl (C=O) groups excluding carboxylic acids is 2. The third-order valence-corrected chi connectivity index (χ3v) is 5.87. The molecule has 2 amide bonds. The highest BCUT2D eigenvalue weighted by Crippen LogP contribution is 2.29. The molecule has 5 nitrogen and oxygen atoms in total. The summed E-state index contributed by atoms with van der Waals surface area (Å²) in [6.07, 6.45) is 0. The molecule has 1 aliphatic rings. The van der Waals surface area contributed by atoms with E-state index in [4.69, 9.17) is 0 Å². The number of benzene rings is 2. The number of amides is 2. The van der Waals surface area contributed by atoms with Gasteiger partial charge < -0.3 is 15.1 Å². The van der Waals surface area contributed by atoms with E-state index in [0.29, 0.717) is 6.54 Å². The number of nitrogens with zero attached hydrogens (tertiary/aromatic N) is 1. The van der Waals surface area contributed by atoms with Crippen molar-refractivity contribution < 1.29 is 14.5 Å². The zero-order chi connectivity index (χ0) is 19.1. The molecule has 0 aliphatic carbocycles. The van der Waals surface area contributed by atoms with Crippen molar-refractivity contribution in [1.29, 1.82) is 0 Å². The Bertz CT molecular complexity index is 774. The van der Waals surface area contributed by atoms with Gasteiger partial charge in [0.25, 0.3) is 5.91 Å². The van der Waals surface area contributed by atoms with Gasteiger partial charge in [-0.15, -0.1) is 11.8 Å². The van der Waals surface area contributed by atoms with E-state index in [9.17, 15) is 9.59 Å². The van der Waals surface area contributed by atoms with Gasteiger partial charge in [-0.2, -0.15) is 0 Å². The minimum atomic E-state index is 0.0223. The number of quaternary nitrogens is 1. The second kappa shape index (κ2) is 9.58. The van der Waals surface area contributed by atoms with Crippen LogP contribution in [0.25, 0.3) is 0 Å². The molecule has 142 valence electrons. The van der Waals surface area contributed by atoms with Crippen LogP contribution in [-0.2, 0) is 15.3 Å². The van der Waals surface area contributed by atoms with E-state index in [1.54, 1.807) is 18.7 Å². The molecular weight excluding hydrogens is 358 g/mol. The first kappa shape index (κ1) is 19.5. The van der Waals surface area contributed by atoms with Crippen LogP contribution in [0.2, 0.25) is 0 Å². The van der Waals surface area contributed by atoms with Gasteiger partial charge in [-0.3, -0.25) is 9.59 Å². The van der Waals surface area contributed by atoms with Gasteiger partial charge in [0.2, 0.25) is 5.91 Å². The molecular formula is C21H26N3O2S+. The Morgan fingerprint density at radius 1 is 1.04 bits per heavy atom. The van der Waals surface area contributed by atoms with Gasteiger partial charge in [0, 0.05) is 17.6 Å². The zero-order valence-corrected chi connectivity index (χ0v) is 16.4. The molecule has 1 fully saturated rings. The fourth-order valence-corrected chi connectivity index (χ4v) is 4.13. The fourth-order valence-electron chi connectivity index (χ4n) is 3.17. The first-order chi connectivity index (χ1) is 13.1. The minimum absolute atomic E-state index is 0.0223. The van der Waals surface area contributed by atoms with E-state index in [-0.39, 0.29) is 11.8 Å². The predicted octanol–water partition coefficient (Wildman–Crippen LogP) is 1.66. The lowest BCUT2D eigenvalue weighted by Gasteiger charge is -2.31. The molecule has 3 rings (SSSR count). The van der Waals surface area contributed by atoms with Gasteiger partial charge in [-0.25, -0.2) is 0 Å². The Hall–Kier alpha value is -2.31. The summed E-state index contributed by atoms with van der Waals surface area (Å²) in [6, 6.07) is 18.2. The Balaban J connectivity index is 1.53. The number of rotatable bonds is 6. The summed E-state index contributed by atoms with van der Waals surface area (Å²) in [5.41, 5.74) is 2.13. The van der Waals surface area contributed by atoms with Gasteiger partial charge in [0.15, 0.2) is 6.54 Å². The van der Waals surface area contributed by atoms with Crippen molar-refractivity contribution in [3.05, 3.63) is 60.2 Å². The lowest BCUT2D eigenvalue weighted by molar-refractivity contribution is -0.895. The van der Waals surface area contributed by atoms with E-state index < -0.39 is 0 Å².